The second kappa shape index (κ2) is 7.01. The van der Waals surface area contributed by atoms with Gasteiger partial charge in [0.25, 0.3) is 0 Å². The van der Waals surface area contributed by atoms with Crippen molar-refractivity contribution in [1.82, 2.24) is 0 Å². The van der Waals surface area contributed by atoms with Gasteiger partial charge in [0.05, 0.1) is 18.7 Å². The summed E-state index contributed by atoms with van der Waals surface area (Å²) in [4.78, 5) is 0. The summed E-state index contributed by atoms with van der Waals surface area (Å²) in [5.41, 5.74) is 1.26. The van der Waals surface area contributed by atoms with Crippen LogP contribution < -0.4 is 9.47 Å². The third kappa shape index (κ3) is 3.54. The average molecular weight is 437 g/mol. The average Bonchev–Trinajstić information content (AvgIpc) is 2.48. The van der Waals surface area contributed by atoms with Gasteiger partial charge in [-0.3, -0.25) is 0 Å². The van der Waals surface area contributed by atoms with Gasteiger partial charge >= 0.3 is 0 Å². The maximum atomic E-state index is 10.7. The van der Waals surface area contributed by atoms with Crippen LogP contribution in [0.3, 0.4) is 0 Å². The van der Waals surface area contributed by atoms with E-state index in [1.165, 1.54) is 0 Å². The lowest BCUT2D eigenvalue weighted by molar-refractivity contribution is 0.213. The molecule has 0 heterocycles. The minimum absolute atomic E-state index is 0.551. The highest BCUT2D eigenvalue weighted by Crippen LogP contribution is 2.40. The van der Waals surface area contributed by atoms with Crippen molar-refractivity contribution >= 4 is 43.5 Å². The molecule has 0 saturated carbocycles. The van der Waals surface area contributed by atoms with Gasteiger partial charge in [-0.15, -0.1) is 0 Å². The van der Waals surface area contributed by atoms with Crippen LogP contribution in [0.1, 0.15) is 17.2 Å². The van der Waals surface area contributed by atoms with Crippen molar-refractivity contribution in [2.45, 2.75) is 6.10 Å². The third-order valence-electron chi connectivity index (χ3n) is 3.05. The molecule has 0 bridgehead atoms. The van der Waals surface area contributed by atoms with Crippen LogP contribution in [0, 0.1) is 0 Å². The molecule has 2 rings (SSSR count). The lowest BCUT2D eigenvalue weighted by Gasteiger charge is -2.18. The Morgan fingerprint density at radius 1 is 0.952 bits per heavy atom. The van der Waals surface area contributed by atoms with Gasteiger partial charge in [0.1, 0.15) is 17.6 Å². The van der Waals surface area contributed by atoms with Crippen molar-refractivity contribution in [2.75, 3.05) is 14.2 Å². The predicted molar refractivity (Wildman–Crippen MR) is 90.5 cm³/mol. The van der Waals surface area contributed by atoms with Crippen LogP contribution in [-0.4, -0.2) is 19.3 Å². The Morgan fingerprint density at radius 2 is 1.62 bits per heavy atom. The van der Waals surface area contributed by atoms with Gasteiger partial charge in [-0.25, -0.2) is 0 Å². The number of methoxy groups -OCH3 is 2. The van der Waals surface area contributed by atoms with E-state index in [-0.39, 0.29) is 0 Å². The monoisotopic (exact) mass is 434 g/mol. The van der Waals surface area contributed by atoms with Gasteiger partial charge in [-0.1, -0.05) is 27.5 Å². The van der Waals surface area contributed by atoms with Crippen LogP contribution >= 0.6 is 43.5 Å². The number of benzene rings is 2. The highest BCUT2D eigenvalue weighted by Gasteiger charge is 2.20. The van der Waals surface area contributed by atoms with Crippen molar-refractivity contribution in [3.63, 3.8) is 0 Å². The summed E-state index contributed by atoms with van der Waals surface area (Å²) >= 11 is 12.8. The molecule has 0 aromatic heterocycles. The molecule has 0 fully saturated rings. The van der Waals surface area contributed by atoms with Crippen LogP contribution in [-0.2, 0) is 0 Å². The van der Waals surface area contributed by atoms with Crippen LogP contribution in [0.15, 0.2) is 39.3 Å². The minimum atomic E-state index is -0.893. The molecule has 1 unspecified atom stereocenters. The molecule has 21 heavy (non-hydrogen) atoms. The van der Waals surface area contributed by atoms with Crippen LogP contribution in [0.25, 0.3) is 0 Å². The first-order valence-corrected chi connectivity index (χ1v) is 7.98. The van der Waals surface area contributed by atoms with E-state index in [1.54, 1.807) is 44.6 Å². The molecule has 3 nitrogen and oxygen atoms in total. The van der Waals surface area contributed by atoms with Gasteiger partial charge in [0.15, 0.2) is 0 Å². The number of aliphatic hydroxyl groups is 1. The summed E-state index contributed by atoms with van der Waals surface area (Å²) in [5, 5.41) is 11.2. The largest absolute Gasteiger partial charge is 0.496 e. The molecule has 2 aromatic carbocycles. The first kappa shape index (κ1) is 16.6. The second-order valence-corrected chi connectivity index (χ2v) is 6.44. The fourth-order valence-electron chi connectivity index (χ4n) is 1.99. The van der Waals surface area contributed by atoms with Gasteiger partial charge in [0, 0.05) is 20.6 Å². The quantitative estimate of drug-likeness (QED) is 0.736. The first-order chi connectivity index (χ1) is 9.97. The number of hydrogen-bond donors (Lipinski definition) is 1. The Labute approximate surface area is 145 Å². The zero-order valence-corrected chi connectivity index (χ0v) is 15.3. The van der Waals surface area contributed by atoms with Gasteiger partial charge < -0.3 is 14.6 Å². The highest BCUT2D eigenvalue weighted by molar-refractivity contribution is 9.10. The van der Waals surface area contributed by atoms with E-state index >= 15 is 0 Å². The molecule has 112 valence electrons. The number of aliphatic hydroxyl groups excluding tert-OH is 1. The number of hydrogen-bond acceptors (Lipinski definition) is 3. The van der Waals surface area contributed by atoms with Crippen LogP contribution in [0.4, 0.5) is 0 Å². The van der Waals surface area contributed by atoms with Crippen molar-refractivity contribution in [2.24, 2.45) is 0 Å². The highest BCUT2D eigenvalue weighted by atomic mass is 79.9. The van der Waals surface area contributed by atoms with E-state index in [4.69, 9.17) is 21.1 Å². The van der Waals surface area contributed by atoms with Crippen LogP contribution in [0.5, 0.6) is 11.5 Å². The number of halogens is 3. The molecule has 0 aliphatic heterocycles. The summed E-state index contributed by atoms with van der Waals surface area (Å²) in [6.45, 7) is 0. The maximum absolute atomic E-state index is 10.7. The van der Waals surface area contributed by atoms with E-state index in [9.17, 15) is 5.11 Å². The molecule has 0 aliphatic rings. The molecule has 0 saturated heterocycles. The molecule has 6 heteroatoms. The Morgan fingerprint density at radius 3 is 2.24 bits per heavy atom. The molecule has 2 aromatic rings. The van der Waals surface area contributed by atoms with Gasteiger partial charge in [-0.05, 0) is 46.3 Å². The first-order valence-electron chi connectivity index (χ1n) is 6.02. The van der Waals surface area contributed by atoms with Crippen molar-refractivity contribution in [3.05, 3.63) is 55.4 Å². The van der Waals surface area contributed by atoms with E-state index in [1.807, 2.05) is 0 Å². The Kier molecular flexibility index (Phi) is 5.54. The van der Waals surface area contributed by atoms with E-state index in [2.05, 4.69) is 31.9 Å². The van der Waals surface area contributed by atoms with E-state index in [0.717, 1.165) is 8.95 Å². The van der Waals surface area contributed by atoms with Crippen LogP contribution in [0.2, 0.25) is 5.02 Å². The zero-order chi connectivity index (χ0) is 15.6. The lowest BCUT2D eigenvalue weighted by atomic mass is 10.0. The number of rotatable bonds is 4. The SMILES string of the molecule is COc1cc(C(O)c2cc(Cl)ccc2Br)c(OC)cc1Br. The molecular formula is C15H13Br2ClO3. The Hall–Kier alpha value is -0.750. The summed E-state index contributed by atoms with van der Waals surface area (Å²) in [6.07, 6.45) is -0.893. The molecule has 1 N–H and O–H groups in total. The molecule has 0 aliphatic carbocycles. The molecular weight excluding hydrogens is 423 g/mol. The number of ether oxygens (including phenoxy) is 2. The van der Waals surface area contributed by atoms with Crippen molar-refractivity contribution in [3.8, 4) is 11.5 Å². The van der Waals surface area contributed by atoms with Gasteiger partial charge in [0.2, 0.25) is 0 Å². The van der Waals surface area contributed by atoms with Gasteiger partial charge in [-0.2, -0.15) is 0 Å². The third-order valence-corrected chi connectivity index (χ3v) is 4.63. The summed E-state index contributed by atoms with van der Waals surface area (Å²) in [6, 6.07) is 8.76. The maximum Gasteiger partial charge on any atom is 0.133 e. The molecule has 1 atom stereocenters. The molecule has 0 spiro atoms. The summed E-state index contributed by atoms with van der Waals surface area (Å²) in [5.74, 6) is 1.17. The topological polar surface area (TPSA) is 38.7 Å². The normalized spacial score (nSPS) is 12.1. The standard InChI is InChI=1S/C15H13Br2ClO3/c1-20-13-7-12(17)14(21-2)6-10(13)15(19)9-5-8(18)3-4-11(9)16/h3-7,15,19H,1-2H3. The lowest BCUT2D eigenvalue weighted by Crippen LogP contribution is -2.04. The molecule has 0 radical (unpaired) electrons. The summed E-state index contributed by atoms with van der Waals surface area (Å²) in [7, 11) is 3.12. The second-order valence-electron chi connectivity index (χ2n) is 4.30. The predicted octanol–water partition coefficient (Wildman–Crippen LogP) is 4.96. The fraction of sp³-hybridized carbons (Fsp3) is 0.200. The zero-order valence-electron chi connectivity index (χ0n) is 11.4. The van der Waals surface area contributed by atoms with Crippen molar-refractivity contribution in [1.29, 1.82) is 0 Å². The smallest absolute Gasteiger partial charge is 0.133 e. The van der Waals surface area contributed by atoms with E-state index < -0.39 is 6.10 Å². The van der Waals surface area contributed by atoms with Crippen molar-refractivity contribution < 1.29 is 14.6 Å². The summed E-state index contributed by atoms with van der Waals surface area (Å²) < 4.78 is 12.1. The minimum Gasteiger partial charge on any atom is -0.496 e. The Balaban J connectivity index is 2.56. The fourth-order valence-corrected chi connectivity index (χ4v) is 3.12. The molecule has 0 amide bonds. The van der Waals surface area contributed by atoms with E-state index in [0.29, 0.717) is 27.6 Å². The Bertz CT molecular complexity index is 662.